The summed E-state index contributed by atoms with van der Waals surface area (Å²) in [6.07, 6.45) is 2.01. The standard InChI is InChI=1S/C8H6ClO.C5H5.Fe/c9-8(5-6-10)7-3-1-2-4-7;1-2-4-5-3-1;/h1-6H;1-5H;/q2*-1;+2/b8-5-;;. The van der Waals surface area contributed by atoms with Crippen molar-refractivity contribution in [3.05, 3.63) is 66.2 Å². The minimum Gasteiger partial charge on any atom is -0.299 e. The van der Waals surface area contributed by atoms with E-state index in [0.29, 0.717) is 11.3 Å². The molecular weight excluding hydrogens is 263 g/mol. The Hall–Kier alpha value is -1.08. The van der Waals surface area contributed by atoms with Gasteiger partial charge in [-0.15, -0.1) is 0 Å². The summed E-state index contributed by atoms with van der Waals surface area (Å²) < 4.78 is 0. The molecule has 2 aromatic rings. The molecule has 0 saturated heterocycles. The Balaban J connectivity index is 0.000000318. The van der Waals surface area contributed by atoms with Crippen LogP contribution in [0.4, 0.5) is 0 Å². The molecule has 2 rings (SSSR count). The molecule has 0 spiro atoms. The van der Waals surface area contributed by atoms with Crippen molar-refractivity contribution in [1.29, 1.82) is 0 Å². The first-order valence-electron chi connectivity index (χ1n) is 4.54. The molecular formula is C13H11ClFeO. The van der Waals surface area contributed by atoms with Gasteiger partial charge in [-0.1, -0.05) is 11.6 Å². The van der Waals surface area contributed by atoms with Crippen LogP contribution in [0.1, 0.15) is 5.56 Å². The van der Waals surface area contributed by atoms with E-state index >= 15 is 0 Å². The van der Waals surface area contributed by atoms with Crippen molar-refractivity contribution in [2.24, 2.45) is 0 Å². The molecule has 0 saturated carbocycles. The van der Waals surface area contributed by atoms with Crippen LogP contribution in [0.3, 0.4) is 0 Å². The summed E-state index contributed by atoms with van der Waals surface area (Å²) in [7, 11) is 0. The molecule has 0 aliphatic heterocycles. The summed E-state index contributed by atoms with van der Waals surface area (Å²) in [6, 6.07) is 17.4. The maximum absolute atomic E-state index is 9.95. The minimum absolute atomic E-state index is 0. The Labute approximate surface area is 111 Å². The molecule has 0 unspecified atom stereocenters. The van der Waals surface area contributed by atoms with Gasteiger partial charge in [-0.05, 0) is 11.1 Å². The smallest absolute Gasteiger partial charge is 0.299 e. The first-order valence-corrected chi connectivity index (χ1v) is 4.92. The van der Waals surface area contributed by atoms with Gasteiger partial charge >= 0.3 is 17.1 Å². The van der Waals surface area contributed by atoms with Gasteiger partial charge in [0.2, 0.25) is 0 Å². The van der Waals surface area contributed by atoms with Crippen molar-refractivity contribution in [2.45, 2.75) is 0 Å². The Morgan fingerprint density at radius 2 is 1.88 bits per heavy atom. The molecule has 2 aromatic carbocycles. The number of halogens is 1. The number of carbonyl (C=O) groups excluding carboxylic acids is 1. The molecule has 0 radical (unpaired) electrons. The Bertz CT molecular complexity index is 370. The zero-order chi connectivity index (χ0) is 10.9. The van der Waals surface area contributed by atoms with Gasteiger partial charge in [0.1, 0.15) is 6.29 Å². The molecule has 3 heteroatoms. The van der Waals surface area contributed by atoms with E-state index in [0.717, 1.165) is 5.56 Å². The van der Waals surface area contributed by atoms with E-state index in [1.807, 2.05) is 54.6 Å². The summed E-state index contributed by atoms with van der Waals surface area (Å²) in [5.41, 5.74) is 0.883. The Kier molecular flexibility index (Phi) is 8.55. The predicted octanol–water partition coefficient (Wildman–Crippen LogP) is 3.59. The van der Waals surface area contributed by atoms with Gasteiger partial charge in [-0.2, -0.15) is 42.0 Å². The molecule has 0 atom stereocenters. The maximum Gasteiger partial charge on any atom is 2.00 e. The van der Waals surface area contributed by atoms with Crippen LogP contribution < -0.4 is 0 Å². The number of carbonyl (C=O) groups is 1. The van der Waals surface area contributed by atoms with Gasteiger partial charge in [0, 0.05) is 0 Å². The normalized spacial score (nSPS) is 9.69. The fraction of sp³-hybridized carbons (Fsp3) is 0. The van der Waals surface area contributed by atoms with E-state index in [1.54, 1.807) is 0 Å². The SMILES string of the molecule is O=C/C=C(\Cl)c1cc[cH-]c1.[Fe+2].c1cc[cH-]c1. The molecule has 16 heavy (non-hydrogen) atoms. The molecule has 84 valence electrons. The fourth-order valence-electron chi connectivity index (χ4n) is 1.01. The average Bonchev–Trinajstić information content (AvgIpc) is 2.95. The van der Waals surface area contributed by atoms with Gasteiger partial charge in [0.25, 0.3) is 0 Å². The van der Waals surface area contributed by atoms with Crippen molar-refractivity contribution in [1.82, 2.24) is 0 Å². The van der Waals surface area contributed by atoms with E-state index < -0.39 is 0 Å². The first-order chi connectivity index (χ1) is 7.34. The second-order valence-corrected chi connectivity index (χ2v) is 3.19. The topological polar surface area (TPSA) is 17.1 Å². The third-order valence-corrected chi connectivity index (χ3v) is 2.05. The van der Waals surface area contributed by atoms with E-state index in [9.17, 15) is 4.79 Å². The maximum atomic E-state index is 9.95. The third-order valence-electron chi connectivity index (χ3n) is 1.71. The molecule has 0 aliphatic rings. The van der Waals surface area contributed by atoms with Gasteiger partial charge in [-0.3, -0.25) is 4.79 Å². The van der Waals surface area contributed by atoms with Gasteiger partial charge in [-0.25, -0.2) is 18.2 Å². The van der Waals surface area contributed by atoms with Crippen LogP contribution in [0.2, 0.25) is 0 Å². The molecule has 1 nitrogen and oxygen atoms in total. The van der Waals surface area contributed by atoms with E-state index in [2.05, 4.69) is 0 Å². The second kappa shape index (κ2) is 9.17. The quantitative estimate of drug-likeness (QED) is 0.354. The van der Waals surface area contributed by atoms with E-state index in [1.165, 1.54) is 6.08 Å². The third kappa shape index (κ3) is 5.72. The summed E-state index contributed by atoms with van der Waals surface area (Å²) >= 11 is 5.68. The monoisotopic (exact) mass is 274 g/mol. The van der Waals surface area contributed by atoms with Gasteiger partial charge in [0.15, 0.2) is 0 Å². The Morgan fingerprint density at radius 3 is 2.25 bits per heavy atom. The molecule has 0 aromatic heterocycles. The predicted molar refractivity (Wildman–Crippen MR) is 64.0 cm³/mol. The number of allylic oxidation sites excluding steroid dienone is 1. The fourth-order valence-corrected chi connectivity index (χ4v) is 1.19. The van der Waals surface area contributed by atoms with Gasteiger partial charge < -0.3 is 0 Å². The summed E-state index contributed by atoms with van der Waals surface area (Å²) in [6.45, 7) is 0. The molecule has 0 fully saturated rings. The molecule has 0 N–H and O–H groups in total. The van der Waals surface area contributed by atoms with Crippen molar-refractivity contribution in [2.75, 3.05) is 0 Å². The number of hydrogen-bond donors (Lipinski definition) is 0. The van der Waals surface area contributed by atoms with E-state index in [-0.39, 0.29) is 17.1 Å². The van der Waals surface area contributed by atoms with Crippen LogP contribution in [0.5, 0.6) is 0 Å². The van der Waals surface area contributed by atoms with Crippen molar-refractivity contribution >= 4 is 22.9 Å². The second-order valence-electron chi connectivity index (χ2n) is 2.79. The van der Waals surface area contributed by atoms with Crippen LogP contribution >= 0.6 is 11.6 Å². The van der Waals surface area contributed by atoms with Crippen LogP contribution in [0.15, 0.2) is 60.7 Å². The summed E-state index contributed by atoms with van der Waals surface area (Å²) in [5.74, 6) is 0. The zero-order valence-electron chi connectivity index (χ0n) is 8.49. The number of hydrogen-bond acceptors (Lipinski definition) is 1. The summed E-state index contributed by atoms with van der Waals surface area (Å²) in [4.78, 5) is 9.95. The van der Waals surface area contributed by atoms with Crippen LogP contribution in [-0.4, -0.2) is 6.29 Å². The molecule has 0 amide bonds. The number of aldehydes is 1. The van der Waals surface area contributed by atoms with Gasteiger partial charge in [0.05, 0.1) is 0 Å². The molecule has 0 aliphatic carbocycles. The van der Waals surface area contributed by atoms with Crippen molar-refractivity contribution in [3.63, 3.8) is 0 Å². The van der Waals surface area contributed by atoms with E-state index in [4.69, 9.17) is 11.6 Å². The summed E-state index contributed by atoms with van der Waals surface area (Å²) in [5, 5.41) is 0.486. The average molecular weight is 275 g/mol. The largest absolute Gasteiger partial charge is 2.00 e. The first kappa shape index (κ1) is 14.9. The molecule has 0 heterocycles. The number of rotatable bonds is 2. The molecule has 0 bridgehead atoms. The zero-order valence-corrected chi connectivity index (χ0v) is 10.4. The minimum atomic E-state index is 0. The Morgan fingerprint density at radius 1 is 1.19 bits per heavy atom. The van der Waals surface area contributed by atoms with Crippen LogP contribution in [0, 0.1) is 0 Å². The van der Waals surface area contributed by atoms with Crippen LogP contribution in [0.25, 0.3) is 5.03 Å². The van der Waals surface area contributed by atoms with Crippen LogP contribution in [-0.2, 0) is 21.9 Å². The van der Waals surface area contributed by atoms with Crippen molar-refractivity contribution < 1.29 is 21.9 Å². The van der Waals surface area contributed by atoms with Crippen molar-refractivity contribution in [3.8, 4) is 0 Å².